The fourth-order valence-electron chi connectivity index (χ4n) is 2.63. The molecule has 3 unspecified atom stereocenters. The van der Waals surface area contributed by atoms with Crippen molar-refractivity contribution in [3.8, 4) is 0 Å². The van der Waals surface area contributed by atoms with Crippen molar-refractivity contribution in [2.75, 3.05) is 11.9 Å². The van der Waals surface area contributed by atoms with Gasteiger partial charge in [0.1, 0.15) is 0 Å². The number of nitrogens with one attached hydrogen (secondary N) is 2. The molecule has 0 saturated heterocycles. The van der Waals surface area contributed by atoms with E-state index in [-0.39, 0.29) is 5.91 Å². The molecule has 1 amide bonds. The van der Waals surface area contributed by atoms with Crippen molar-refractivity contribution >= 4 is 23.2 Å². The molecule has 2 rings (SSSR count). The van der Waals surface area contributed by atoms with Gasteiger partial charge in [-0.2, -0.15) is 0 Å². The standard InChI is InChI=1S/C15H21ClN2O/c1-10-7-8-13(11(10)2)17-9-15(19)18-14-6-4-3-5-12(14)16/h3-6,10-11,13,17H,7-9H2,1-2H3,(H,18,19). The minimum Gasteiger partial charge on any atom is -0.324 e. The molecule has 1 aliphatic rings. The molecule has 0 aromatic heterocycles. The maximum absolute atomic E-state index is 11.9. The molecule has 1 fully saturated rings. The van der Waals surface area contributed by atoms with Crippen LogP contribution in [-0.2, 0) is 4.79 Å². The number of rotatable bonds is 4. The van der Waals surface area contributed by atoms with Crippen LogP contribution in [0.2, 0.25) is 5.02 Å². The summed E-state index contributed by atoms with van der Waals surface area (Å²) in [5, 5.41) is 6.74. The van der Waals surface area contributed by atoms with E-state index >= 15 is 0 Å². The van der Waals surface area contributed by atoms with E-state index in [9.17, 15) is 4.79 Å². The second-order valence-electron chi connectivity index (χ2n) is 5.43. The van der Waals surface area contributed by atoms with E-state index in [2.05, 4.69) is 24.5 Å². The maximum atomic E-state index is 11.9. The Kier molecular flexibility index (Phi) is 4.83. The van der Waals surface area contributed by atoms with E-state index in [1.807, 2.05) is 12.1 Å². The number of benzene rings is 1. The fraction of sp³-hybridized carbons (Fsp3) is 0.533. The minimum absolute atomic E-state index is 0.0418. The van der Waals surface area contributed by atoms with Gasteiger partial charge < -0.3 is 10.6 Å². The number of hydrogen-bond donors (Lipinski definition) is 2. The third-order valence-corrected chi connectivity index (χ3v) is 4.47. The smallest absolute Gasteiger partial charge is 0.238 e. The van der Waals surface area contributed by atoms with Crippen LogP contribution < -0.4 is 10.6 Å². The first kappa shape index (κ1) is 14.4. The number of para-hydroxylation sites is 1. The molecule has 0 spiro atoms. The average molecular weight is 281 g/mol. The van der Waals surface area contributed by atoms with E-state index < -0.39 is 0 Å². The van der Waals surface area contributed by atoms with Gasteiger partial charge in [0.15, 0.2) is 0 Å². The predicted molar refractivity (Wildman–Crippen MR) is 79.4 cm³/mol. The van der Waals surface area contributed by atoms with Gasteiger partial charge in [0.05, 0.1) is 17.3 Å². The second kappa shape index (κ2) is 6.40. The van der Waals surface area contributed by atoms with E-state index in [0.717, 1.165) is 12.3 Å². The molecule has 2 N–H and O–H groups in total. The van der Waals surface area contributed by atoms with Gasteiger partial charge in [-0.05, 0) is 36.8 Å². The molecule has 0 aliphatic heterocycles. The Morgan fingerprint density at radius 3 is 2.68 bits per heavy atom. The Balaban J connectivity index is 1.81. The van der Waals surface area contributed by atoms with E-state index in [1.54, 1.807) is 12.1 Å². The molecule has 1 saturated carbocycles. The fourth-order valence-corrected chi connectivity index (χ4v) is 2.82. The van der Waals surface area contributed by atoms with Crippen LogP contribution in [0, 0.1) is 11.8 Å². The van der Waals surface area contributed by atoms with Crippen molar-refractivity contribution in [2.24, 2.45) is 11.8 Å². The van der Waals surface area contributed by atoms with Crippen LogP contribution in [0.1, 0.15) is 26.7 Å². The summed E-state index contributed by atoms with van der Waals surface area (Å²) in [7, 11) is 0. The minimum atomic E-state index is -0.0418. The molecule has 1 aromatic rings. The zero-order chi connectivity index (χ0) is 13.8. The first-order valence-corrected chi connectivity index (χ1v) is 7.23. The van der Waals surface area contributed by atoms with Gasteiger partial charge in [0.2, 0.25) is 5.91 Å². The van der Waals surface area contributed by atoms with Crippen LogP contribution in [0.4, 0.5) is 5.69 Å². The van der Waals surface area contributed by atoms with Crippen molar-refractivity contribution in [3.63, 3.8) is 0 Å². The van der Waals surface area contributed by atoms with Gasteiger partial charge in [0, 0.05) is 6.04 Å². The van der Waals surface area contributed by atoms with Crippen molar-refractivity contribution in [1.82, 2.24) is 5.32 Å². The SMILES string of the molecule is CC1CCC(NCC(=O)Nc2ccccc2Cl)C1C. The lowest BCUT2D eigenvalue weighted by molar-refractivity contribution is -0.115. The molecule has 19 heavy (non-hydrogen) atoms. The summed E-state index contributed by atoms with van der Waals surface area (Å²) in [6.07, 6.45) is 2.40. The summed E-state index contributed by atoms with van der Waals surface area (Å²) < 4.78 is 0. The van der Waals surface area contributed by atoms with Crippen LogP contribution in [0.15, 0.2) is 24.3 Å². The Morgan fingerprint density at radius 2 is 2.05 bits per heavy atom. The highest BCUT2D eigenvalue weighted by Gasteiger charge is 2.29. The van der Waals surface area contributed by atoms with Gasteiger partial charge in [-0.1, -0.05) is 37.6 Å². The quantitative estimate of drug-likeness (QED) is 0.888. The zero-order valence-corrected chi connectivity index (χ0v) is 12.2. The monoisotopic (exact) mass is 280 g/mol. The van der Waals surface area contributed by atoms with Crippen molar-refractivity contribution in [2.45, 2.75) is 32.7 Å². The van der Waals surface area contributed by atoms with Crippen LogP contribution in [-0.4, -0.2) is 18.5 Å². The van der Waals surface area contributed by atoms with Gasteiger partial charge in [-0.3, -0.25) is 4.79 Å². The van der Waals surface area contributed by atoms with Gasteiger partial charge in [0.25, 0.3) is 0 Å². The summed E-state index contributed by atoms with van der Waals surface area (Å²) in [4.78, 5) is 11.9. The van der Waals surface area contributed by atoms with Crippen molar-refractivity contribution < 1.29 is 4.79 Å². The van der Waals surface area contributed by atoms with Gasteiger partial charge in [-0.25, -0.2) is 0 Å². The van der Waals surface area contributed by atoms with Crippen LogP contribution in [0.5, 0.6) is 0 Å². The molecule has 3 atom stereocenters. The molecule has 4 heteroatoms. The molecular weight excluding hydrogens is 260 g/mol. The van der Waals surface area contributed by atoms with Crippen molar-refractivity contribution in [1.29, 1.82) is 0 Å². The first-order chi connectivity index (χ1) is 9.08. The van der Waals surface area contributed by atoms with Crippen LogP contribution >= 0.6 is 11.6 Å². The molecule has 0 bridgehead atoms. The molecule has 0 heterocycles. The lowest BCUT2D eigenvalue weighted by Gasteiger charge is -2.19. The Bertz CT molecular complexity index is 450. The first-order valence-electron chi connectivity index (χ1n) is 6.85. The molecule has 1 aliphatic carbocycles. The highest BCUT2D eigenvalue weighted by molar-refractivity contribution is 6.33. The number of carbonyl (C=O) groups excluding carboxylic acids is 1. The normalized spacial score (nSPS) is 26.4. The summed E-state index contributed by atoms with van der Waals surface area (Å²) >= 11 is 6.00. The predicted octanol–water partition coefficient (Wildman–Crippen LogP) is 3.30. The Morgan fingerprint density at radius 1 is 1.32 bits per heavy atom. The highest BCUT2D eigenvalue weighted by Crippen LogP contribution is 2.30. The zero-order valence-electron chi connectivity index (χ0n) is 11.4. The number of halogens is 1. The third-order valence-electron chi connectivity index (χ3n) is 4.14. The number of anilines is 1. The summed E-state index contributed by atoms with van der Waals surface area (Å²) in [6.45, 7) is 4.87. The number of hydrogen-bond acceptors (Lipinski definition) is 2. The summed E-state index contributed by atoms with van der Waals surface area (Å²) in [5.41, 5.74) is 0.670. The lowest BCUT2D eigenvalue weighted by atomic mass is 9.98. The summed E-state index contributed by atoms with van der Waals surface area (Å²) in [6, 6.07) is 7.73. The molecule has 1 aromatic carbocycles. The topological polar surface area (TPSA) is 41.1 Å². The molecule has 0 radical (unpaired) electrons. The highest BCUT2D eigenvalue weighted by atomic mass is 35.5. The van der Waals surface area contributed by atoms with Crippen molar-refractivity contribution in [3.05, 3.63) is 29.3 Å². The summed E-state index contributed by atoms with van der Waals surface area (Å²) in [5.74, 6) is 1.33. The second-order valence-corrected chi connectivity index (χ2v) is 5.84. The third kappa shape index (κ3) is 3.71. The number of carbonyl (C=O) groups is 1. The average Bonchev–Trinajstić information content (AvgIpc) is 2.70. The van der Waals surface area contributed by atoms with Crippen LogP contribution in [0.25, 0.3) is 0 Å². The van der Waals surface area contributed by atoms with Crippen LogP contribution in [0.3, 0.4) is 0 Å². The van der Waals surface area contributed by atoms with Gasteiger partial charge in [-0.15, -0.1) is 0 Å². The van der Waals surface area contributed by atoms with E-state index in [1.165, 1.54) is 6.42 Å². The number of amides is 1. The van der Waals surface area contributed by atoms with E-state index in [4.69, 9.17) is 11.6 Å². The Hall–Kier alpha value is -1.06. The molecule has 3 nitrogen and oxygen atoms in total. The maximum Gasteiger partial charge on any atom is 0.238 e. The largest absolute Gasteiger partial charge is 0.324 e. The Labute approximate surface area is 119 Å². The van der Waals surface area contributed by atoms with E-state index in [0.29, 0.717) is 29.2 Å². The van der Waals surface area contributed by atoms with Gasteiger partial charge >= 0.3 is 0 Å². The molecule has 104 valence electrons. The lowest BCUT2D eigenvalue weighted by Crippen LogP contribution is -2.38. The molecular formula is C15H21ClN2O.